The Morgan fingerprint density at radius 1 is 0.840 bits per heavy atom. The third-order valence-corrected chi connectivity index (χ3v) is 5.97. The first-order valence-electron chi connectivity index (χ1n) is 9.70. The van der Waals surface area contributed by atoms with Crippen molar-refractivity contribution in [2.24, 2.45) is 0 Å². The van der Waals surface area contributed by atoms with Gasteiger partial charge in [-0.3, -0.25) is 0 Å². The first kappa shape index (κ1) is 25.1. The molecule has 0 saturated heterocycles. The average Bonchev–Trinajstić information content (AvgIpc) is 2.56. The van der Waals surface area contributed by atoms with Gasteiger partial charge >= 0.3 is 0 Å². The van der Waals surface area contributed by atoms with Crippen LogP contribution in [0.25, 0.3) is 0 Å². The lowest BCUT2D eigenvalue weighted by atomic mass is 10.1. The molecule has 0 aliphatic heterocycles. The van der Waals surface area contributed by atoms with Gasteiger partial charge in [-0.25, -0.2) is 0 Å². The van der Waals surface area contributed by atoms with Crippen LogP contribution in [0, 0.1) is 0 Å². The maximum Gasteiger partial charge on any atom is 0.191 e. The van der Waals surface area contributed by atoms with Crippen molar-refractivity contribution in [1.29, 1.82) is 0 Å². The maximum atomic E-state index is 6.71. The molecule has 0 N–H and O–H groups in total. The Labute approximate surface area is 172 Å². The number of alkyl halides is 1. The van der Waals surface area contributed by atoms with Gasteiger partial charge in [0.15, 0.2) is 5.50 Å². The van der Waals surface area contributed by atoms with Crippen molar-refractivity contribution < 1.29 is 16.9 Å². The van der Waals surface area contributed by atoms with Crippen LogP contribution in [0.5, 0.6) is 0 Å². The van der Waals surface area contributed by atoms with Crippen LogP contribution >= 0.6 is 23.2 Å². The summed E-state index contributed by atoms with van der Waals surface area (Å²) in [6.45, 7) is 3.37. The molecule has 4 heteroatoms. The predicted molar refractivity (Wildman–Crippen MR) is 109 cm³/mol. The van der Waals surface area contributed by atoms with Gasteiger partial charge in [-0.15, -0.1) is 0 Å². The fourth-order valence-electron chi connectivity index (χ4n) is 3.16. The Balaban J connectivity index is 0.00000576. The molecule has 1 unspecified atom stereocenters. The molecule has 1 rings (SSSR count). The smallest absolute Gasteiger partial charge is 0.191 e. The minimum atomic E-state index is -0.0859. The Morgan fingerprint density at radius 3 is 1.84 bits per heavy atom. The molecule has 1 aromatic carbocycles. The Kier molecular flexibility index (Phi) is 14.2. The molecule has 1 aromatic rings. The molecule has 0 bridgehead atoms. The topological polar surface area (TPSA) is 0 Å². The van der Waals surface area contributed by atoms with Crippen LogP contribution in [0.2, 0.25) is 5.02 Å². The van der Waals surface area contributed by atoms with Crippen molar-refractivity contribution in [2.75, 3.05) is 20.6 Å². The number of hydrogen-bond acceptors (Lipinski definition) is 0. The summed E-state index contributed by atoms with van der Waals surface area (Å²) in [7, 11) is 4.41. The van der Waals surface area contributed by atoms with E-state index in [1.807, 2.05) is 24.3 Å². The predicted octanol–water partition coefficient (Wildman–Crippen LogP) is 4.58. The molecule has 0 aromatic heterocycles. The molecule has 0 spiro atoms. The normalized spacial score (nSPS) is 12.7. The lowest BCUT2D eigenvalue weighted by Gasteiger charge is -2.35. The molecule has 0 aliphatic rings. The summed E-state index contributed by atoms with van der Waals surface area (Å²) >= 11 is 13.0. The van der Waals surface area contributed by atoms with Crippen LogP contribution < -0.4 is 12.4 Å². The van der Waals surface area contributed by atoms with Gasteiger partial charge in [-0.2, -0.15) is 0 Å². The van der Waals surface area contributed by atoms with Crippen LogP contribution in [-0.2, 0) is 0 Å². The molecule has 146 valence electrons. The number of hydrogen-bond donors (Lipinski definition) is 0. The minimum absolute atomic E-state index is 0. The monoisotopic (exact) mass is 407 g/mol. The van der Waals surface area contributed by atoms with Crippen LogP contribution in [0.3, 0.4) is 0 Å². The van der Waals surface area contributed by atoms with E-state index >= 15 is 0 Å². The quantitative estimate of drug-likeness (QED) is 0.194. The zero-order valence-electron chi connectivity index (χ0n) is 16.2. The lowest BCUT2D eigenvalue weighted by molar-refractivity contribution is -0.907. The molecule has 25 heavy (non-hydrogen) atoms. The number of nitrogens with zero attached hydrogens (tertiary/aromatic N) is 1. The summed E-state index contributed by atoms with van der Waals surface area (Å²) in [5.41, 5.74) is 0.954. The Bertz CT molecular complexity index is 449. The van der Waals surface area contributed by atoms with E-state index in [9.17, 15) is 0 Å². The molecular weight excluding hydrogens is 373 g/mol. The van der Waals surface area contributed by atoms with E-state index in [4.69, 9.17) is 23.2 Å². The summed E-state index contributed by atoms with van der Waals surface area (Å²) < 4.78 is 0.780. The summed E-state index contributed by atoms with van der Waals surface area (Å²) in [6.07, 6.45) is 13.7. The van der Waals surface area contributed by atoms with E-state index in [1.165, 1.54) is 64.2 Å². The molecule has 0 heterocycles. The molecule has 0 amide bonds. The molecular formula is C21H36Cl3N. The second-order valence-corrected chi connectivity index (χ2v) is 8.36. The Hall–Kier alpha value is 0.0500. The molecule has 0 fully saturated rings. The van der Waals surface area contributed by atoms with E-state index in [-0.39, 0.29) is 17.9 Å². The molecule has 0 saturated carbocycles. The highest BCUT2D eigenvalue weighted by molar-refractivity contribution is 6.32. The van der Waals surface area contributed by atoms with Crippen molar-refractivity contribution in [3.05, 3.63) is 34.9 Å². The number of rotatable bonds is 13. The van der Waals surface area contributed by atoms with Crippen molar-refractivity contribution in [1.82, 2.24) is 0 Å². The van der Waals surface area contributed by atoms with E-state index in [2.05, 4.69) is 21.0 Å². The van der Waals surface area contributed by atoms with E-state index in [0.29, 0.717) is 0 Å². The van der Waals surface area contributed by atoms with Gasteiger partial charge < -0.3 is 16.9 Å². The standard InChI is InChI=1S/C21H36Cl2N.ClH/c1-4-5-6-7-8-9-10-11-12-15-18-24(2,3)21(23)19-16-13-14-17-20(19)22;/h13-14,16-17,21H,4-12,15,18H2,1-3H3;1H/q+1;/p-1. The number of quaternary nitrogens is 1. The van der Waals surface area contributed by atoms with E-state index in [1.54, 1.807) is 0 Å². The third kappa shape index (κ3) is 10.1. The highest BCUT2D eigenvalue weighted by Gasteiger charge is 2.28. The first-order valence-corrected chi connectivity index (χ1v) is 10.5. The molecule has 0 aliphatic carbocycles. The van der Waals surface area contributed by atoms with Crippen LogP contribution in [0.4, 0.5) is 0 Å². The highest BCUT2D eigenvalue weighted by atomic mass is 35.5. The summed E-state index contributed by atoms with van der Waals surface area (Å²) in [5, 5.41) is 0.770. The first-order chi connectivity index (χ1) is 11.5. The lowest BCUT2D eigenvalue weighted by Crippen LogP contribution is -3.00. The fourth-order valence-corrected chi connectivity index (χ4v) is 3.75. The Morgan fingerprint density at radius 2 is 1.32 bits per heavy atom. The highest BCUT2D eigenvalue weighted by Crippen LogP contribution is 2.34. The average molecular weight is 409 g/mol. The summed E-state index contributed by atoms with van der Waals surface area (Å²) in [4.78, 5) is 0. The van der Waals surface area contributed by atoms with Gasteiger partial charge in [0.05, 0.1) is 25.7 Å². The molecule has 1 atom stereocenters. The van der Waals surface area contributed by atoms with Gasteiger partial charge in [0, 0.05) is 5.56 Å². The fraction of sp³-hybridized carbons (Fsp3) is 0.714. The molecule has 1 nitrogen and oxygen atoms in total. The number of unbranched alkanes of at least 4 members (excludes halogenated alkanes) is 9. The van der Waals surface area contributed by atoms with Gasteiger partial charge in [0.1, 0.15) is 0 Å². The summed E-state index contributed by atoms with van der Waals surface area (Å²) in [6, 6.07) is 7.93. The van der Waals surface area contributed by atoms with Gasteiger partial charge in [-0.05, 0) is 18.9 Å². The van der Waals surface area contributed by atoms with Crippen molar-refractivity contribution in [2.45, 2.75) is 76.6 Å². The van der Waals surface area contributed by atoms with Crippen LogP contribution in [0.15, 0.2) is 24.3 Å². The van der Waals surface area contributed by atoms with Crippen LogP contribution in [0.1, 0.15) is 82.2 Å². The second kappa shape index (κ2) is 14.2. The molecule has 0 radical (unpaired) electrons. The van der Waals surface area contributed by atoms with Gasteiger partial charge in [0.2, 0.25) is 0 Å². The minimum Gasteiger partial charge on any atom is -1.00 e. The van der Waals surface area contributed by atoms with Crippen molar-refractivity contribution >= 4 is 23.2 Å². The largest absolute Gasteiger partial charge is 1.00 e. The second-order valence-electron chi connectivity index (χ2n) is 7.54. The van der Waals surface area contributed by atoms with E-state index in [0.717, 1.165) is 21.6 Å². The zero-order chi connectivity index (χ0) is 17.8. The third-order valence-electron chi connectivity index (χ3n) is 4.86. The number of benzene rings is 1. The zero-order valence-corrected chi connectivity index (χ0v) is 18.5. The van der Waals surface area contributed by atoms with Crippen molar-refractivity contribution in [3.63, 3.8) is 0 Å². The van der Waals surface area contributed by atoms with Crippen LogP contribution in [-0.4, -0.2) is 25.1 Å². The van der Waals surface area contributed by atoms with Gasteiger partial charge in [-0.1, -0.05) is 99.7 Å². The van der Waals surface area contributed by atoms with Gasteiger partial charge in [0.25, 0.3) is 0 Å². The van der Waals surface area contributed by atoms with Crippen molar-refractivity contribution in [3.8, 4) is 0 Å². The van der Waals surface area contributed by atoms with E-state index < -0.39 is 0 Å². The summed E-state index contributed by atoms with van der Waals surface area (Å²) in [5.74, 6) is 0. The number of halogens is 3. The maximum absolute atomic E-state index is 6.71. The SMILES string of the molecule is CCCCCCCCCCCC[N+](C)(C)C(Cl)c1ccccc1Cl.[Cl-].